The molecule has 0 aliphatic carbocycles. The van der Waals surface area contributed by atoms with Gasteiger partial charge in [0.1, 0.15) is 16.1 Å². The number of benzene rings is 1. The van der Waals surface area contributed by atoms with E-state index in [2.05, 4.69) is 9.97 Å². The quantitative estimate of drug-likeness (QED) is 0.768. The summed E-state index contributed by atoms with van der Waals surface area (Å²) in [5, 5.41) is 12.5. The Bertz CT molecular complexity index is 694. The van der Waals surface area contributed by atoms with Gasteiger partial charge in [-0.2, -0.15) is 0 Å². The first-order chi connectivity index (χ1) is 8.54. The van der Waals surface area contributed by atoms with Crippen molar-refractivity contribution >= 4 is 22.4 Å². The molecule has 0 bridgehead atoms. The van der Waals surface area contributed by atoms with Crippen LogP contribution < -0.4 is 0 Å². The van der Waals surface area contributed by atoms with Crippen molar-refractivity contribution in [3.05, 3.63) is 35.0 Å². The van der Waals surface area contributed by atoms with E-state index < -0.39 is 5.60 Å². The average Bonchev–Trinajstić information content (AvgIpc) is 2.96. The van der Waals surface area contributed by atoms with Crippen LogP contribution in [-0.2, 0) is 5.60 Å². The zero-order valence-corrected chi connectivity index (χ0v) is 10.9. The number of oxazole rings is 1. The highest BCUT2D eigenvalue weighted by atomic mass is 32.1. The van der Waals surface area contributed by atoms with E-state index in [9.17, 15) is 5.11 Å². The molecule has 3 aromatic rings. The molecular weight excluding hydrogens is 248 g/mol. The highest BCUT2D eigenvalue weighted by Crippen LogP contribution is 2.29. The second-order valence-electron chi connectivity index (χ2n) is 4.63. The summed E-state index contributed by atoms with van der Waals surface area (Å²) >= 11 is 1.45. The maximum absolute atomic E-state index is 9.91. The lowest BCUT2D eigenvalue weighted by molar-refractivity contribution is 0.0783. The summed E-state index contributed by atoms with van der Waals surface area (Å²) in [6.07, 6.45) is 1.43. The van der Waals surface area contributed by atoms with Gasteiger partial charge >= 0.3 is 0 Å². The lowest BCUT2D eigenvalue weighted by Gasteiger charge is -2.12. The van der Waals surface area contributed by atoms with Crippen LogP contribution in [0.3, 0.4) is 0 Å². The first-order valence-corrected chi connectivity index (χ1v) is 6.44. The maximum atomic E-state index is 9.91. The van der Waals surface area contributed by atoms with E-state index >= 15 is 0 Å². The van der Waals surface area contributed by atoms with E-state index in [1.54, 1.807) is 13.8 Å². The van der Waals surface area contributed by atoms with Crippen LogP contribution in [0.1, 0.15) is 18.9 Å². The maximum Gasteiger partial charge on any atom is 0.181 e. The van der Waals surface area contributed by atoms with Gasteiger partial charge in [-0.3, -0.25) is 0 Å². The SMILES string of the molecule is CC(C)(O)c1nc(-c2ccc3ncoc3c2)cs1. The van der Waals surface area contributed by atoms with Gasteiger partial charge in [0, 0.05) is 10.9 Å². The van der Waals surface area contributed by atoms with Gasteiger partial charge in [-0.05, 0) is 26.0 Å². The van der Waals surface area contributed by atoms with Crippen molar-refractivity contribution in [1.29, 1.82) is 0 Å². The Balaban J connectivity index is 2.06. The Labute approximate surface area is 108 Å². The number of rotatable bonds is 2. The van der Waals surface area contributed by atoms with Crippen LogP contribution in [0.25, 0.3) is 22.4 Å². The summed E-state index contributed by atoms with van der Waals surface area (Å²) in [6, 6.07) is 5.76. The summed E-state index contributed by atoms with van der Waals surface area (Å²) in [7, 11) is 0. The van der Waals surface area contributed by atoms with Crippen molar-refractivity contribution in [2.75, 3.05) is 0 Å². The fourth-order valence-electron chi connectivity index (χ4n) is 1.70. The number of nitrogens with zero attached hydrogens (tertiary/aromatic N) is 2. The minimum Gasteiger partial charge on any atom is -0.443 e. The van der Waals surface area contributed by atoms with Crippen molar-refractivity contribution in [3.8, 4) is 11.3 Å². The summed E-state index contributed by atoms with van der Waals surface area (Å²) < 4.78 is 5.27. The van der Waals surface area contributed by atoms with Crippen molar-refractivity contribution in [1.82, 2.24) is 9.97 Å². The van der Waals surface area contributed by atoms with E-state index in [0.717, 1.165) is 22.4 Å². The molecule has 0 unspecified atom stereocenters. The standard InChI is InChI=1S/C13H12N2O2S/c1-13(2,16)12-15-10(6-18-12)8-3-4-9-11(5-8)17-7-14-9/h3-7,16H,1-2H3. The van der Waals surface area contributed by atoms with E-state index in [1.165, 1.54) is 17.7 Å². The molecule has 1 aromatic carbocycles. The van der Waals surface area contributed by atoms with Gasteiger partial charge in [0.05, 0.1) is 5.69 Å². The molecule has 4 nitrogen and oxygen atoms in total. The van der Waals surface area contributed by atoms with E-state index in [0.29, 0.717) is 5.01 Å². The molecule has 92 valence electrons. The fraction of sp³-hybridized carbons (Fsp3) is 0.231. The van der Waals surface area contributed by atoms with Gasteiger partial charge in [0.25, 0.3) is 0 Å². The van der Waals surface area contributed by atoms with Crippen LogP contribution in [0.15, 0.2) is 34.4 Å². The van der Waals surface area contributed by atoms with E-state index in [4.69, 9.17) is 4.42 Å². The molecule has 0 saturated carbocycles. The molecule has 0 aliphatic rings. The van der Waals surface area contributed by atoms with Gasteiger partial charge in [-0.1, -0.05) is 6.07 Å². The van der Waals surface area contributed by atoms with Crippen LogP contribution in [-0.4, -0.2) is 15.1 Å². The molecule has 0 spiro atoms. The van der Waals surface area contributed by atoms with Gasteiger partial charge in [-0.25, -0.2) is 9.97 Å². The topological polar surface area (TPSA) is 59.2 Å². The van der Waals surface area contributed by atoms with E-state index in [1.807, 2.05) is 23.6 Å². The Morgan fingerprint density at radius 1 is 1.33 bits per heavy atom. The molecule has 2 heterocycles. The number of hydrogen-bond donors (Lipinski definition) is 1. The molecule has 0 radical (unpaired) electrons. The molecule has 1 N–H and O–H groups in total. The Hall–Kier alpha value is -1.72. The molecule has 0 atom stereocenters. The van der Waals surface area contributed by atoms with Crippen LogP contribution in [0.5, 0.6) is 0 Å². The lowest BCUT2D eigenvalue weighted by atomic mass is 10.1. The molecule has 0 fully saturated rings. The molecule has 0 saturated heterocycles. The molecule has 18 heavy (non-hydrogen) atoms. The van der Waals surface area contributed by atoms with Gasteiger partial charge in [0.2, 0.25) is 0 Å². The zero-order valence-electron chi connectivity index (χ0n) is 10.0. The second-order valence-corrected chi connectivity index (χ2v) is 5.49. The highest BCUT2D eigenvalue weighted by Gasteiger charge is 2.20. The van der Waals surface area contributed by atoms with Crippen molar-refractivity contribution in [2.45, 2.75) is 19.4 Å². The zero-order chi connectivity index (χ0) is 12.8. The fourth-order valence-corrected chi connectivity index (χ4v) is 2.55. The summed E-state index contributed by atoms with van der Waals surface area (Å²) in [4.78, 5) is 8.52. The molecule has 0 amide bonds. The van der Waals surface area contributed by atoms with Crippen molar-refractivity contribution < 1.29 is 9.52 Å². The molecule has 5 heteroatoms. The average molecular weight is 260 g/mol. The largest absolute Gasteiger partial charge is 0.443 e. The molecular formula is C13H12N2O2S. The predicted molar refractivity (Wildman–Crippen MR) is 70.4 cm³/mol. The summed E-state index contributed by atoms with van der Waals surface area (Å²) in [5.74, 6) is 0. The normalized spacial score (nSPS) is 12.2. The van der Waals surface area contributed by atoms with Gasteiger partial charge in [0.15, 0.2) is 12.0 Å². The molecule has 3 rings (SSSR count). The predicted octanol–water partition coefficient (Wildman–Crippen LogP) is 3.18. The Morgan fingerprint density at radius 3 is 2.89 bits per heavy atom. The first-order valence-electron chi connectivity index (χ1n) is 5.56. The smallest absolute Gasteiger partial charge is 0.181 e. The van der Waals surface area contributed by atoms with Gasteiger partial charge in [-0.15, -0.1) is 11.3 Å². The van der Waals surface area contributed by atoms with Crippen molar-refractivity contribution in [3.63, 3.8) is 0 Å². The van der Waals surface area contributed by atoms with Crippen LogP contribution in [0.2, 0.25) is 0 Å². The third-order valence-corrected chi connectivity index (χ3v) is 3.81. The Morgan fingerprint density at radius 2 is 2.17 bits per heavy atom. The minimum atomic E-state index is -0.904. The first kappa shape index (κ1) is 11.4. The monoisotopic (exact) mass is 260 g/mol. The number of hydrogen-bond acceptors (Lipinski definition) is 5. The third kappa shape index (κ3) is 1.91. The lowest BCUT2D eigenvalue weighted by Crippen LogP contribution is -2.14. The highest BCUT2D eigenvalue weighted by molar-refractivity contribution is 7.10. The van der Waals surface area contributed by atoms with Crippen LogP contribution in [0.4, 0.5) is 0 Å². The number of aromatic nitrogens is 2. The van der Waals surface area contributed by atoms with Crippen LogP contribution >= 0.6 is 11.3 Å². The van der Waals surface area contributed by atoms with Crippen molar-refractivity contribution in [2.24, 2.45) is 0 Å². The second kappa shape index (κ2) is 3.90. The summed E-state index contributed by atoms with van der Waals surface area (Å²) in [6.45, 7) is 3.46. The Kier molecular flexibility index (Phi) is 2.46. The number of thiazole rings is 1. The third-order valence-electron chi connectivity index (χ3n) is 2.65. The summed E-state index contributed by atoms with van der Waals surface area (Å²) in [5.41, 5.74) is 2.47. The number of fused-ring (bicyclic) bond motifs is 1. The van der Waals surface area contributed by atoms with Gasteiger partial charge < -0.3 is 9.52 Å². The molecule has 0 aliphatic heterocycles. The van der Waals surface area contributed by atoms with E-state index in [-0.39, 0.29) is 0 Å². The number of aliphatic hydroxyl groups is 1. The van der Waals surface area contributed by atoms with Crippen LogP contribution in [0, 0.1) is 0 Å². The minimum absolute atomic E-state index is 0.704. The molecule has 2 aromatic heterocycles.